The zero-order chi connectivity index (χ0) is 24.9. The molecule has 1 aliphatic carbocycles. The minimum absolute atomic E-state index is 0.0788. The van der Waals surface area contributed by atoms with E-state index in [1.54, 1.807) is 6.07 Å². The molecule has 2 aromatic rings. The molecule has 188 valence electrons. The second-order valence-corrected chi connectivity index (χ2v) is 10.2. The fraction of sp³-hybridized carbons (Fsp3) is 0.562. The first-order chi connectivity index (χ1) is 17.1. The Bertz CT molecular complexity index is 949. The summed E-state index contributed by atoms with van der Waals surface area (Å²) in [5.74, 6) is 0.647. The van der Waals surface area contributed by atoms with Gasteiger partial charge in [-0.25, -0.2) is 0 Å². The van der Waals surface area contributed by atoms with Crippen LogP contribution in [-0.4, -0.2) is 5.97 Å². The Hall–Kier alpha value is -2.60. The summed E-state index contributed by atoms with van der Waals surface area (Å²) >= 11 is 0. The summed E-state index contributed by atoms with van der Waals surface area (Å²) < 4.78 is 5.65. The Morgan fingerprint density at radius 3 is 2.11 bits per heavy atom. The Kier molecular flexibility index (Phi) is 11.4. The molecule has 0 radical (unpaired) electrons. The van der Waals surface area contributed by atoms with Gasteiger partial charge in [0.1, 0.15) is 11.8 Å². The number of benzene rings is 2. The first kappa shape index (κ1) is 27.0. The maximum atomic E-state index is 12.8. The molecule has 0 aliphatic heterocycles. The Balaban J connectivity index is 1.39. The minimum atomic E-state index is -0.190. The molecule has 1 saturated carbocycles. The normalized spacial score (nSPS) is 17.6. The zero-order valence-electron chi connectivity index (χ0n) is 21.9. The number of nitriles is 1. The molecular formula is C32H43NO2. The van der Waals surface area contributed by atoms with Gasteiger partial charge in [0.25, 0.3) is 0 Å². The van der Waals surface area contributed by atoms with Crippen LogP contribution < -0.4 is 4.74 Å². The SMILES string of the molecule is CCCCCCCCCCc1ccc(C2CCC(C(=O)Oc3ccc(CC)cc3C#N)CC2)cc1. The van der Waals surface area contributed by atoms with E-state index in [1.807, 2.05) is 19.1 Å². The van der Waals surface area contributed by atoms with Crippen molar-refractivity contribution >= 4 is 5.97 Å². The number of carbonyl (C=O) groups is 1. The van der Waals surface area contributed by atoms with E-state index in [4.69, 9.17) is 4.74 Å². The smallest absolute Gasteiger partial charge is 0.314 e. The number of rotatable bonds is 13. The van der Waals surface area contributed by atoms with Crippen LogP contribution in [0.15, 0.2) is 42.5 Å². The van der Waals surface area contributed by atoms with E-state index in [0.29, 0.717) is 17.2 Å². The molecule has 0 unspecified atom stereocenters. The van der Waals surface area contributed by atoms with Crippen LogP contribution in [0.4, 0.5) is 0 Å². The van der Waals surface area contributed by atoms with Crippen LogP contribution in [0.1, 0.15) is 119 Å². The van der Waals surface area contributed by atoms with Crippen LogP contribution in [0.5, 0.6) is 5.75 Å². The fourth-order valence-corrected chi connectivity index (χ4v) is 5.25. The summed E-state index contributed by atoms with van der Waals surface area (Å²) in [5.41, 5.74) is 4.36. The summed E-state index contributed by atoms with van der Waals surface area (Å²) in [7, 11) is 0. The molecule has 35 heavy (non-hydrogen) atoms. The van der Waals surface area contributed by atoms with Crippen LogP contribution in [-0.2, 0) is 17.6 Å². The molecule has 0 bridgehead atoms. The van der Waals surface area contributed by atoms with Crippen molar-refractivity contribution in [3.05, 3.63) is 64.7 Å². The summed E-state index contributed by atoms with van der Waals surface area (Å²) in [6, 6.07) is 16.9. The summed E-state index contributed by atoms with van der Waals surface area (Å²) in [4.78, 5) is 12.8. The standard InChI is InChI=1S/C32H43NO2/c1-3-5-6-7-8-9-10-11-12-26-13-16-27(17-14-26)28-18-20-29(21-19-28)32(34)35-31-22-15-25(4-2)23-30(31)24-33/h13-17,22-23,28-29H,3-12,18-21H2,1-2H3. The summed E-state index contributed by atoms with van der Waals surface area (Å²) in [5, 5.41) is 9.41. The molecule has 3 heteroatoms. The van der Waals surface area contributed by atoms with Crippen molar-refractivity contribution in [3.8, 4) is 11.8 Å². The Morgan fingerprint density at radius 2 is 1.49 bits per heavy atom. The average Bonchev–Trinajstić information content (AvgIpc) is 2.91. The molecule has 1 fully saturated rings. The van der Waals surface area contributed by atoms with E-state index in [0.717, 1.165) is 37.7 Å². The largest absolute Gasteiger partial charge is 0.425 e. The molecule has 0 atom stereocenters. The van der Waals surface area contributed by atoms with Crippen molar-refractivity contribution in [3.63, 3.8) is 0 Å². The number of esters is 1. The zero-order valence-corrected chi connectivity index (χ0v) is 21.9. The predicted octanol–water partition coefficient (Wildman–Crippen LogP) is 8.68. The number of aryl methyl sites for hydroxylation is 2. The van der Waals surface area contributed by atoms with Crippen molar-refractivity contribution in [2.24, 2.45) is 5.92 Å². The first-order valence-corrected chi connectivity index (χ1v) is 14.0. The highest BCUT2D eigenvalue weighted by molar-refractivity contribution is 5.76. The topological polar surface area (TPSA) is 50.1 Å². The fourth-order valence-electron chi connectivity index (χ4n) is 5.25. The van der Waals surface area contributed by atoms with Gasteiger partial charge in [-0.1, -0.05) is 89.1 Å². The molecule has 0 saturated heterocycles. The molecule has 0 aromatic heterocycles. The number of carbonyl (C=O) groups excluding carboxylic acids is 1. The highest BCUT2D eigenvalue weighted by atomic mass is 16.5. The Labute approximate surface area is 212 Å². The highest BCUT2D eigenvalue weighted by Crippen LogP contribution is 2.37. The van der Waals surface area contributed by atoms with E-state index >= 15 is 0 Å². The highest BCUT2D eigenvalue weighted by Gasteiger charge is 2.29. The monoisotopic (exact) mass is 473 g/mol. The Morgan fingerprint density at radius 1 is 0.857 bits per heavy atom. The van der Waals surface area contributed by atoms with Gasteiger partial charge in [-0.05, 0) is 79.7 Å². The van der Waals surface area contributed by atoms with Gasteiger partial charge in [-0.3, -0.25) is 4.79 Å². The maximum absolute atomic E-state index is 12.8. The molecular weight excluding hydrogens is 430 g/mol. The molecule has 0 amide bonds. The molecule has 0 spiro atoms. The first-order valence-electron chi connectivity index (χ1n) is 14.0. The van der Waals surface area contributed by atoms with Crippen LogP contribution in [0.3, 0.4) is 0 Å². The van der Waals surface area contributed by atoms with Crippen LogP contribution in [0, 0.1) is 17.2 Å². The van der Waals surface area contributed by atoms with E-state index in [9.17, 15) is 10.1 Å². The lowest BCUT2D eigenvalue weighted by Crippen LogP contribution is -2.25. The van der Waals surface area contributed by atoms with Crippen molar-refractivity contribution < 1.29 is 9.53 Å². The van der Waals surface area contributed by atoms with E-state index in [-0.39, 0.29) is 11.9 Å². The molecule has 0 heterocycles. The summed E-state index contributed by atoms with van der Waals surface area (Å²) in [6.07, 6.45) is 16.6. The molecule has 3 nitrogen and oxygen atoms in total. The van der Waals surface area contributed by atoms with Crippen molar-refractivity contribution in [1.82, 2.24) is 0 Å². The van der Waals surface area contributed by atoms with Crippen molar-refractivity contribution in [1.29, 1.82) is 5.26 Å². The lowest BCUT2D eigenvalue weighted by Gasteiger charge is -2.27. The number of unbranched alkanes of at least 4 members (excludes halogenated alkanes) is 7. The predicted molar refractivity (Wildman–Crippen MR) is 144 cm³/mol. The molecule has 3 rings (SSSR count). The van der Waals surface area contributed by atoms with E-state index < -0.39 is 0 Å². The number of ether oxygens (including phenoxy) is 1. The third-order valence-electron chi connectivity index (χ3n) is 7.61. The van der Waals surface area contributed by atoms with Gasteiger partial charge >= 0.3 is 5.97 Å². The second kappa shape index (κ2) is 14.7. The van der Waals surface area contributed by atoms with Crippen LogP contribution >= 0.6 is 0 Å². The minimum Gasteiger partial charge on any atom is -0.425 e. The third-order valence-corrected chi connectivity index (χ3v) is 7.61. The molecule has 2 aromatic carbocycles. The lowest BCUT2D eigenvalue weighted by molar-refractivity contribution is -0.140. The van der Waals surface area contributed by atoms with Gasteiger partial charge in [0.05, 0.1) is 11.5 Å². The van der Waals surface area contributed by atoms with Gasteiger partial charge in [0, 0.05) is 0 Å². The lowest BCUT2D eigenvalue weighted by atomic mass is 9.78. The summed E-state index contributed by atoms with van der Waals surface area (Å²) in [6.45, 7) is 4.32. The quantitative estimate of drug-likeness (QED) is 0.166. The van der Waals surface area contributed by atoms with Gasteiger partial charge in [0.15, 0.2) is 0 Å². The van der Waals surface area contributed by atoms with E-state index in [2.05, 4.69) is 37.3 Å². The average molecular weight is 474 g/mol. The van der Waals surface area contributed by atoms with Gasteiger partial charge in [-0.2, -0.15) is 5.26 Å². The van der Waals surface area contributed by atoms with Gasteiger partial charge in [0.2, 0.25) is 0 Å². The third kappa shape index (κ3) is 8.53. The van der Waals surface area contributed by atoms with Crippen molar-refractivity contribution in [2.45, 2.75) is 110 Å². The molecule has 1 aliphatic rings. The van der Waals surface area contributed by atoms with Crippen molar-refractivity contribution in [2.75, 3.05) is 0 Å². The number of hydrogen-bond donors (Lipinski definition) is 0. The molecule has 0 N–H and O–H groups in total. The van der Waals surface area contributed by atoms with Gasteiger partial charge in [-0.15, -0.1) is 0 Å². The van der Waals surface area contributed by atoms with E-state index in [1.165, 1.54) is 68.9 Å². The van der Waals surface area contributed by atoms with Gasteiger partial charge < -0.3 is 4.74 Å². The number of nitrogens with zero attached hydrogens (tertiary/aromatic N) is 1. The van der Waals surface area contributed by atoms with Crippen LogP contribution in [0.2, 0.25) is 0 Å². The number of hydrogen-bond acceptors (Lipinski definition) is 3. The van der Waals surface area contributed by atoms with Crippen LogP contribution in [0.25, 0.3) is 0 Å². The maximum Gasteiger partial charge on any atom is 0.314 e. The second-order valence-electron chi connectivity index (χ2n) is 10.2.